The summed E-state index contributed by atoms with van der Waals surface area (Å²) >= 11 is 0. The van der Waals surface area contributed by atoms with Crippen molar-refractivity contribution >= 4 is 11.8 Å². The lowest BCUT2D eigenvalue weighted by atomic mass is 10.1. The minimum atomic E-state index is -4.36. The molecule has 138 valence electrons. The Bertz CT molecular complexity index is 771. The lowest BCUT2D eigenvalue weighted by molar-refractivity contribution is -0.137. The van der Waals surface area contributed by atoms with Crippen LogP contribution in [0, 0.1) is 6.92 Å². The predicted octanol–water partition coefficient (Wildman–Crippen LogP) is 3.10. The van der Waals surface area contributed by atoms with Crippen molar-refractivity contribution < 1.29 is 22.8 Å². The second-order valence-corrected chi connectivity index (χ2v) is 5.79. The highest BCUT2D eigenvalue weighted by Crippen LogP contribution is 2.29. The fraction of sp³-hybridized carbons (Fsp3) is 0.263. The number of rotatable bonds is 6. The van der Waals surface area contributed by atoms with E-state index in [1.165, 1.54) is 12.1 Å². The minimum absolute atomic E-state index is 0.166. The van der Waals surface area contributed by atoms with E-state index in [9.17, 15) is 22.8 Å². The van der Waals surface area contributed by atoms with Gasteiger partial charge in [0.1, 0.15) is 0 Å². The van der Waals surface area contributed by atoms with Gasteiger partial charge in [0.05, 0.1) is 12.1 Å². The molecule has 26 heavy (non-hydrogen) atoms. The summed E-state index contributed by atoms with van der Waals surface area (Å²) in [4.78, 5) is 23.8. The zero-order chi connectivity index (χ0) is 19.2. The first-order valence-electron chi connectivity index (χ1n) is 8.04. The van der Waals surface area contributed by atoms with Gasteiger partial charge in [0.15, 0.2) is 0 Å². The predicted molar refractivity (Wildman–Crippen MR) is 91.7 cm³/mol. The van der Waals surface area contributed by atoms with Crippen molar-refractivity contribution in [2.75, 3.05) is 13.1 Å². The molecule has 0 aliphatic carbocycles. The van der Waals surface area contributed by atoms with Gasteiger partial charge in [0.25, 0.3) is 5.91 Å². The molecule has 0 aliphatic heterocycles. The van der Waals surface area contributed by atoms with Gasteiger partial charge < -0.3 is 10.6 Å². The molecular formula is C19H19F3N2O2. The van der Waals surface area contributed by atoms with Crippen molar-refractivity contribution in [2.24, 2.45) is 0 Å². The maximum atomic E-state index is 12.5. The minimum Gasteiger partial charge on any atom is -0.354 e. The number of hydrogen-bond acceptors (Lipinski definition) is 2. The summed E-state index contributed by atoms with van der Waals surface area (Å²) < 4.78 is 37.5. The van der Waals surface area contributed by atoms with Gasteiger partial charge in [-0.25, -0.2) is 0 Å². The second kappa shape index (κ2) is 8.51. The lowest BCUT2D eigenvalue weighted by Crippen LogP contribution is -2.37. The van der Waals surface area contributed by atoms with Gasteiger partial charge in [0.2, 0.25) is 5.91 Å². The summed E-state index contributed by atoms with van der Waals surface area (Å²) in [5.74, 6) is -0.695. The number of aryl methyl sites for hydroxylation is 1. The number of carbonyl (C=O) groups is 2. The lowest BCUT2D eigenvalue weighted by Gasteiger charge is -2.09. The highest BCUT2D eigenvalue weighted by molar-refractivity contribution is 5.97. The van der Waals surface area contributed by atoms with Gasteiger partial charge in [-0.1, -0.05) is 30.3 Å². The van der Waals surface area contributed by atoms with E-state index >= 15 is 0 Å². The van der Waals surface area contributed by atoms with Crippen LogP contribution in [0.2, 0.25) is 0 Å². The first kappa shape index (κ1) is 19.5. The van der Waals surface area contributed by atoms with Crippen molar-refractivity contribution in [3.8, 4) is 0 Å². The van der Waals surface area contributed by atoms with Crippen LogP contribution in [0.3, 0.4) is 0 Å². The molecule has 0 spiro atoms. The molecule has 0 unspecified atom stereocenters. The molecule has 2 aromatic rings. The number of hydrogen-bond donors (Lipinski definition) is 2. The van der Waals surface area contributed by atoms with Crippen LogP contribution in [0.5, 0.6) is 0 Å². The van der Waals surface area contributed by atoms with Crippen molar-refractivity contribution in [3.05, 3.63) is 70.8 Å². The normalized spacial score (nSPS) is 11.1. The van der Waals surface area contributed by atoms with Crippen LogP contribution in [0.4, 0.5) is 13.2 Å². The van der Waals surface area contributed by atoms with Crippen molar-refractivity contribution in [3.63, 3.8) is 0 Å². The summed E-state index contributed by atoms with van der Waals surface area (Å²) in [6.45, 7) is 1.91. The molecule has 0 radical (unpaired) electrons. The number of nitrogens with one attached hydrogen (secondary N) is 2. The van der Waals surface area contributed by atoms with Gasteiger partial charge in [-0.15, -0.1) is 0 Å². The molecule has 0 aliphatic rings. The summed E-state index contributed by atoms with van der Waals surface area (Å²) in [7, 11) is 0. The number of carbonyl (C=O) groups excluding carboxylic acids is 2. The van der Waals surface area contributed by atoms with Crippen LogP contribution in [-0.4, -0.2) is 24.9 Å². The zero-order valence-corrected chi connectivity index (χ0v) is 14.2. The van der Waals surface area contributed by atoms with Crippen LogP contribution in [-0.2, 0) is 17.4 Å². The third-order valence-electron chi connectivity index (χ3n) is 3.82. The first-order chi connectivity index (χ1) is 12.3. The number of halogens is 3. The largest absolute Gasteiger partial charge is 0.416 e. The Morgan fingerprint density at radius 1 is 0.962 bits per heavy atom. The SMILES string of the molecule is Cc1ccccc1C(=O)NCC(=O)NCCc1ccc(C(F)(F)F)cc1. The van der Waals surface area contributed by atoms with E-state index in [4.69, 9.17) is 0 Å². The fourth-order valence-corrected chi connectivity index (χ4v) is 2.35. The Hall–Kier alpha value is -2.83. The van der Waals surface area contributed by atoms with Crippen LogP contribution in [0.15, 0.2) is 48.5 Å². The molecule has 2 aromatic carbocycles. The Kier molecular flexibility index (Phi) is 6.38. The molecule has 4 nitrogen and oxygen atoms in total. The van der Waals surface area contributed by atoms with Crippen molar-refractivity contribution in [2.45, 2.75) is 19.5 Å². The van der Waals surface area contributed by atoms with Gasteiger partial charge in [-0.3, -0.25) is 9.59 Å². The molecule has 0 heterocycles. The van der Waals surface area contributed by atoms with Crippen LogP contribution < -0.4 is 10.6 Å². The molecule has 0 atom stereocenters. The average molecular weight is 364 g/mol. The van der Waals surface area contributed by atoms with E-state index in [0.29, 0.717) is 17.5 Å². The smallest absolute Gasteiger partial charge is 0.354 e. The van der Waals surface area contributed by atoms with Crippen molar-refractivity contribution in [1.29, 1.82) is 0 Å². The van der Waals surface area contributed by atoms with E-state index in [0.717, 1.165) is 17.7 Å². The highest BCUT2D eigenvalue weighted by Gasteiger charge is 2.29. The van der Waals surface area contributed by atoms with E-state index in [2.05, 4.69) is 10.6 Å². The van der Waals surface area contributed by atoms with Gasteiger partial charge in [0, 0.05) is 12.1 Å². The van der Waals surface area contributed by atoms with E-state index in [-0.39, 0.29) is 24.9 Å². The molecule has 0 fully saturated rings. The summed E-state index contributed by atoms with van der Waals surface area (Å²) in [6, 6.07) is 11.8. The second-order valence-electron chi connectivity index (χ2n) is 5.79. The van der Waals surface area contributed by atoms with Gasteiger partial charge >= 0.3 is 6.18 Å². The van der Waals surface area contributed by atoms with E-state index in [1.807, 2.05) is 6.07 Å². The molecular weight excluding hydrogens is 345 g/mol. The Balaban J connectivity index is 1.74. The molecule has 0 saturated carbocycles. The first-order valence-corrected chi connectivity index (χ1v) is 8.04. The summed E-state index contributed by atoms with van der Waals surface area (Å²) in [5, 5.41) is 5.16. The molecule has 2 amide bonds. The number of alkyl halides is 3. The zero-order valence-electron chi connectivity index (χ0n) is 14.2. The Labute approximate surface area is 149 Å². The maximum Gasteiger partial charge on any atom is 0.416 e. The van der Waals surface area contributed by atoms with Crippen molar-refractivity contribution in [1.82, 2.24) is 10.6 Å². The molecule has 0 bridgehead atoms. The van der Waals surface area contributed by atoms with E-state index < -0.39 is 11.7 Å². The summed E-state index contributed by atoms with van der Waals surface area (Å²) in [6.07, 6.45) is -3.96. The highest BCUT2D eigenvalue weighted by atomic mass is 19.4. The fourth-order valence-electron chi connectivity index (χ4n) is 2.35. The molecule has 0 aromatic heterocycles. The van der Waals surface area contributed by atoms with E-state index in [1.54, 1.807) is 25.1 Å². The molecule has 2 N–H and O–H groups in total. The molecule has 7 heteroatoms. The van der Waals surface area contributed by atoms with Crippen LogP contribution >= 0.6 is 0 Å². The Morgan fingerprint density at radius 3 is 2.23 bits per heavy atom. The summed E-state index contributed by atoms with van der Waals surface area (Å²) in [5.41, 5.74) is 1.30. The third kappa shape index (κ3) is 5.61. The van der Waals surface area contributed by atoms with Gasteiger partial charge in [-0.2, -0.15) is 13.2 Å². The van der Waals surface area contributed by atoms with Crippen LogP contribution in [0.25, 0.3) is 0 Å². The average Bonchev–Trinajstić information content (AvgIpc) is 2.60. The molecule has 0 saturated heterocycles. The molecule has 2 rings (SSSR count). The number of amides is 2. The Morgan fingerprint density at radius 2 is 1.62 bits per heavy atom. The standard InChI is InChI=1S/C19H19F3N2O2/c1-13-4-2-3-5-16(13)18(26)24-12-17(25)23-11-10-14-6-8-15(9-7-14)19(20,21)22/h2-9H,10-12H2,1H3,(H,23,25)(H,24,26). The maximum absolute atomic E-state index is 12.5. The van der Waals surface area contributed by atoms with Gasteiger partial charge in [-0.05, 0) is 42.7 Å². The van der Waals surface area contributed by atoms with Crippen LogP contribution in [0.1, 0.15) is 27.0 Å². The number of benzene rings is 2. The topological polar surface area (TPSA) is 58.2 Å². The monoisotopic (exact) mass is 364 g/mol. The quantitative estimate of drug-likeness (QED) is 0.828. The third-order valence-corrected chi connectivity index (χ3v) is 3.82.